The first kappa shape index (κ1) is 22.3. The summed E-state index contributed by atoms with van der Waals surface area (Å²) in [5.74, 6) is 0.472. The number of carboxylic acid groups (broad SMARTS) is 1. The quantitative estimate of drug-likeness (QED) is 0.412. The number of nitrogens with one attached hydrogen (secondary N) is 1. The lowest BCUT2D eigenvalue weighted by atomic mass is 9.76. The molecule has 2 bridgehead atoms. The smallest absolute Gasteiger partial charge is 0.303 e. The minimum Gasteiger partial charge on any atom is -0.481 e. The highest BCUT2D eigenvalue weighted by atomic mass is 16.5. The number of benzene rings is 1. The molecule has 2 aliphatic rings. The first-order valence-electron chi connectivity index (χ1n) is 11.4. The Morgan fingerprint density at radius 2 is 1.79 bits per heavy atom. The highest BCUT2D eigenvalue weighted by Crippen LogP contribution is 2.45. The van der Waals surface area contributed by atoms with E-state index in [0.29, 0.717) is 30.6 Å². The molecule has 2 heterocycles. The molecule has 1 unspecified atom stereocenters. The number of carboxylic acids is 1. The van der Waals surface area contributed by atoms with Gasteiger partial charge in [0.15, 0.2) is 0 Å². The fraction of sp³-hybridized carbons (Fsp3) is 0.708. The van der Waals surface area contributed by atoms with Crippen molar-refractivity contribution in [3.63, 3.8) is 0 Å². The lowest BCUT2D eigenvalue weighted by molar-refractivity contribution is -0.137. The second kappa shape index (κ2) is 11.7. The monoisotopic (exact) mass is 403 g/mol. The highest BCUT2D eigenvalue weighted by molar-refractivity contribution is 5.66. The Hall–Kier alpha value is -1.43. The van der Waals surface area contributed by atoms with Crippen molar-refractivity contribution in [2.75, 3.05) is 13.1 Å². The predicted octanol–water partition coefficient (Wildman–Crippen LogP) is 3.79. The number of aliphatic carboxylic acids is 1. The first-order chi connectivity index (χ1) is 14.1. The molecule has 2 fully saturated rings. The second-order valence-electron chi connectivity index (χ2n) is 8.80. The Morgan fingerprint density at radius 1 is 1.07 bits per heavy atom. The number of ether oxygens (including phenoxy) is 1. The van der Waals surface area contributed by atoms with Gasteiger partial charge in [-0.05, 0) is 50.0 Å². The molecule has 29 heavy (non-hydrogen) atoms. The number of rotatable bonds is 14. The Kier molecular flexibility index (Phi) is 8.96. The zero-order chi connectivity index (χ0) is 20.5. The van der Waals surface area contributed by atoms with Crippen LogP contribution in [0.3, 0.4) is 0 Å². The maximum Gasteiger partial charge on any atom is 0.303 e. The summed E-state index contributed by atoms with van der Waals surface area (Å²) in [6, 6.07) is 10.3. The van der Waals surface area contributed by atoms with E-state index in [2.05, 4.69) is 17.4 Å². The molecule has 2 saturated heterocycles. The summed E-state index contributed by atoms with van der Waals surface area (Å²) in [6.45, 7) is 1.57. The molecule has 3 N–H and O–H groups in total. The van der Waals surface area contributed by atoms with E-state index in [9.17, 15) is 9.90 Å². The molecule has 3 rings (SSSR count). The Balaban J connectivity index is 1.32. The molecule has 1 aromatic carbocycles. The minimum atomic E-state index is -0.691. The molecule has 0 amide bonds. The molecule has 162 valence electrons. The fourth-order valence-corrected chi connectivity index (χ4v) is 5.06. The molecule has 5 atom stereocenters. The van der Waals surface area contributed by atoms with Crippen molar-refractivity contribution < 1.29 is 19.7 Å². The van der Waals surface area contributed by atoms with E-state index in [-0.39, 0.29) is 12.5 Å². The van der Waals surface area contributed by atoms with Gasteiger partial charge in [0, 0.05) is 25.4 Å². The SMILES string of the molecule is O=C(O)CCCCCC[C@H]1[C@H](CNCC(O)CCc2ccccc2)[C@H]2CC[C@@H]1O2. The summed E-state index contributed by atoms with van der Waals surface area (Å²) < 4.78 is 6.19. The second-order valence-corrected chi connectivity index (χ2v) is 8.80. The van der Waals surface area contributed by atoms with Gasteiger partial charge in [-0.1, -0.05) is 49.6 Å². The van der Waals surface area contributed by atoms with Gasteiger partial charge in [0.25, 0.3) is 0 Å². The lowest BCUT2D eigenvalue weighted by Gasteiger charge is -2.28. The number of hydrogen-bond donors (Lipinski definition) is 3. The number of aliphatic hydroxyl groups is 1. The molecule has 5 heteroatoms. The van der Waals surface area contributed by atoms with Crippen LogP contribution in [0.2, 0.25) is 0 Å². The van der Waals surface area contributed by atoms with Gasteiger partial charge in [0.05, 0.1) is 18.3 Å². The van der Waals surface area contributed by atoms with Gasteiger partial charge in [0.1, 0.15) is 0 Å². The van der Waals surface area contributed by atoms with Crippen molar-refractivity contribution in [3.8, 4) is 0 Å². The molecule has 0 saturated carbocycles. The summed E-state index contributed by atoms with van der Waals surface area (Å²) in [6.07, 6.45) is 10.0. The van der Waals surface area contributed by atoms with Gasteiger partial charge in [-0.3, -0.25) is 4.79 Å². The van der Waals surface area contributed by atoms with E-state index in [1.807, 2.05) is 18.2 Å². The van der Waals surface area contributed by atoms with E-state index in [1.165, 1.54) is 24.8 Å². The third-order valence-corrected chi connectivity index (χ3v) is 6.64. The van der Waals surface area contributed by atoms with Crippen LogP contribution in [0.5, 0.6) is 0 Å². The molecule has 0 radical (unpaired) electrons. The topological polar surface area (TPSA) is 78.8 Å². The highest BCUT2D eigenvalue weighted by Gasteiger charge is 2.47. The molecular formula is C24H37NO4. The molecular weight excluding hydrogens is 366 g/mol. The van der Waals surface area contributed by atoms with Gasteiger partial charge in [0.2, 0.25) is 0 Å². The Bertz CT molecular complexity index is 608. The van der Waals surface area contributed by atoms with Gasteiger partial charge in [-0.2, -0.15) is 0 Å². The number of carbonyl (C=O) groups is 1. The zero-order valence-electron chi connectivity index (χ0n) is 17.5. The van der Waals surface area contributed by atoms with Crippen LogP contribution in [-0.4, -0.2) is 47.6 Å². The van der Waals surface area contributed by atoms with Crippen LogP contribution < -0.4 is 5.32 Å². The van der Waals surface area contributed by atoms with E-state index < -0.39 is 5.97 Å². The van der Waals surface area contributed by atoms with Gasteiger partial charge in [-0.15, -0.1) is 0 Å². The van der Waals surface area contributed by atoms with E-state index in [4.69, 9.17) is 9.84 Å². The van der Waals surface area contributed by atoms with Crippen molar-refractivity contribution in [1.29, 1.82) is 0 Å². The van der Waals surface area contributed by atoms with E-state index >= 15 is 0 Å². The van der Waals surface area contributed by atoms with E-state index in [0.717, 1.165) is 45.1 Å². The van der Waals surface area contributed by atoms with Crippen LogP contribution in [0.15, 0.2) is 30.3 Å². The van der Waals surface area contributed by atoms with Crippen molar-refractivity contribution in [3.05, 3.63) is 35.9 Å². The molecule has 0 aliphatic carbocycles. The summed E-state index contributed by atoms with van der Waals surface area (Å²) >= 11 is 0. The fourth-order valence-electron chi connectivity index (χ4n) is 5.06. The van der Waals surface area contributed by atoms with Crippen LogP contribution in [0.25, 0.3) is 0 Å². The minimum absolute atomic E-state index is 0.288. The van der Waals surface area contributed by atoms with Crippen molar-refractivity contribution in [2.24, 2.45) is 11.8 Å². The zero-order valence-corrected chi connectivity index (χ0v) is 17.5. The number of aliphatic hydroxyl groups excluding tert-OH is 1. The molecule has 2 aliphatic heterocycles. The Labute approximate surface area is 174 Å². The van der Waals surface area contributed by atoms with Crippen LogP contribution in [0.4, 0.5) is 0 Å². The van der Waals surface area contributed by atoms with Gasteiger partial charge in [-0.25, -0.2) is 0 Å². The van der Waals surface area contributed by atoms with Crippen LogP contribution >= 0.6 is 0 Å². The van der Waals surface area contributed by atoms with E-state index in [1.54, 1.807) is 0 Å². The first-order valence-corrected chi connectivity index (χ1v) is 11.4. The molecule has 1 aromatic rings. The largest absolute Gasteiger partial charge is 0.481 e. The van der Waals surface area contributed by atoms with Gasteiger partial charge >= 0.3 is 5.97 Å². The molecule has 5 nitrogen and oxygen atoms in total. The third-order valence-electron chi connectivity index (χ3n) is 6.64. The van der Waals surface area contributed by atoms with Gasteiger partial charge < -0.3 is 20.3 Å². The van der Waals surface area contributed by atoms with Crippen molar-refractivity contribution >= 4 is 5.97 Å². The normalized spacial score (nSPS) is 26.7. The average molecular weight is 404 g/mol. The van der Waals surface area contributed by atoms with Crippen molar-refractivity contribution in [2.45, 2.75) is 82.5 Å². The number of hydrogen-bond acceptors (Lipinski definition) is 4. The maximum absolute atomic E-state index is 10.6. The number of aryl methyl sites for hydroxylation is 1. The van der Waals surface area contributed by atoms with Crippen LogP contribution in [-0.2, 0) is 16.0 Å². The molecule has 0 spiro atoms. The Morgan fingerprint density at radius 3 is 2.55 bits per heavy atom. The predicted molar refractivity (Wildman–Crippen MR) is 114 cm³/mol. The van der Waals surface area contributed by atoms with Crippen molar-refractivity contribution in [1.82, 2.24) is 5.32 Å². The van der Waals surface area contributed by atoms with Crippen LogP contribution in [0.1, 0.15) is 63.4 Å². The summed E-state index contributed by atoms with van der Waals surface area (Å²) in [4.78, 5) is 10.6. The standard InChI is InChI=1S/C24H37NO4/c26-19(13-12-18-8-4-3-5-9-18)16-25-17-21-20(22-14-15-23(21)29-22)10-6-1-2-7-11-24(27)28/h3-5,8-9,19-23,25-26H,1-2,6-7,10-17H2,(H,27,28)/t19?,20-,21-,22-,23+/m0/s1. The van der Waals surface area contributed by atoms with Crippen LogP contribution in [0, 0.1) is 11.8 Å². The summed E-state index contributed by atoms with van der Waals surface area (Å²) in [5.41, 5.74) is 1.27. The third kappa shape index (κ3) is 7.09. The number of unbranched alkanes of at least 4 members (excludes halogenated alkanes) is 3. The summed E-state index contributed by atoms with van der Waals surface area (Å²) in [5, 5.41) is 22.5. The lowest BCUT2D eigenvalue weighted by Crippen LogP contribution is -2.38. The molecule has 0 aromatic heterocycles. The maximum atomic E-state index is 10.6. The number of fused-ring (bicyclic) bond motifs is 2. The average Bonchev–Trinajstić information content (AvgIpc) is 3.32. The summed E-state index contributed by atoms with van der Waals surface area (Å²) in [7, 11) is 0.